The normalized spacial score (nSPS) is 20.3. The second-order valence-corrected chi connectivity index (χ2v) is 8.46. The lowest BCUT2D eigenvalue weighted by Gasteiger charge is -2.41. The van der Waals surface area contributed by atoms with Crippen LogP contribution >= 0.6 is 0 Å². The number of benzene rings is 4. The SMILES string of the molecule is CC(=O)C1=C(C)N(c2ccccc2)C(O)(c2ccc3ccccc3c2)C1Nc1ccccc1. The molecule has 0 radical (unpaired) electrons. The third kappa shape index (κ3) is 3.49. The molecule has 4 nitrogen and oxygen atoms in total. The van der Waals surface area contributed by atoms with Gasteiger partial charge in [-0.15, -0.1) is 0 Å². The molecule has 164 valence electrons. The van der Waals surface area contributed by atoms with Gasteiger partial charge >= 0.3 is 0 Å². The molecule has 0 spiro atoms. The second kappa shape index (κ2) is 8.23. The number of anilines is 2. The van der Waals surface area contributed by atoms with E-state index in [0.29, 0.717) is 11.1 Å². The second-order valence-electron chi connectivity index (χ2n) is 8.46. The summed E-state index contributed by atoms with van der Waals surface area (Å²) >= 11 is 0. The highest BCUT2D eigenvalue weighted by Gasteiger charge is 2.54. The van der Waals surface area contributed by atoms with Crippen LogP contribution in [0.4, 0.5) is 11.4 Å². The minimum atomic E-state index is -1.52. The Labute approximate surface area is 193 Å². The van der Waals surface area contributed by atoms with E-state index >= 15 is 0 Å². The van der Waals surface area contributed by atoms with Crippen molar-refractivity contribution in [1.82, 2.24) is 0 Å². The molecular formula is C29H26N2O2. The van der Waals surface area contributed by atoms with E-state index in [2.05, 4.69) is 11.4 Å². The fourth-order valence-electron chi connectivity index (χ4n) is 4.93. The average Bonchev–Trinajstić information content (AvgIpc) is 3.07. The fourth-order valence-corrected chi connectivity index (χ4v) is 4.93. The van der Waals surface area contributed by atoms with Crippen molar-refractivity contribution in [3.05, 3.63) is 120 Å². The number of fused-ring (bicyclic) bond motifs is 1. The fraction of sp³-hybridized carbons (Fsp3) is 0.138. The number of rotatable bonds is 5. The van der Waals surface area contributed by atoms with Crippen molar-refractivity contribution < 1.29 is 9.90 Å². The van der Waals surface area contributed by atoms with E-state index in [9.17, 15) is 9.90 Å². The first-order chi connectivity index (χ1) is 16.0. The third-order valence-electron chi connectivity index (χ3n) is 6.41. The molecule has 0 fully saturated rings. The predicted molar refractivity (Wildman–Crippen MR) is 134 cm³/mol. The minimum Gasteiger partial charge on any atom is -0.373 e. The summed E-state index contributed by atoms with van der Waals surface area (Å²) in [6.07, 6.45) is 0. The van der Waals surface area contributed by atoms with Crippen molar-refractivity contribution >= 4 is 27.9 Å². The van der Waals surface area contributed by atoms with Crippen LogP contribution in [0.5, 0.6) is 0 Å². The molecule has 0 aliphatic carbocycles. The summed E-state index contributed by atoms with van der Waals surface area (Å²) < 4.78 is 0. The molecule has 1 aliphatic heterocycles. The number of nitrogens with zero attached hydrogens (tertiary/aromatic N) is 1. The van der Waals surface area contributed by atoms with Crippen LogP contribution in [0.1, 0.15) is 19.4 Å². The van der Waals surface area contributed by atoms with Gasteiger partial charge in [-0.05, 0) is 55.0 Å². The number of aliphatic hydroxyl groups is 1. The lowest BCUT2D eigenvalue weighted by atomic mass is 9.88. The predicted octanol–water partition coefficient (Wildman–Crippen LogP) is 5.85. The maximum atomic E-state index is 12.9. The third-order valence-corrected chi connectivity index (χ3v) is 6.41. The molecule has 0 saturated heterocycles. The molecular weight excluding hydrogens is 408 g/mol. The molecule has 4 aromatic carbocycles. The number of hydrogen-bond acceptors (Lipinski definition) is 4. The Bertz CT molecular complexity index is 1350. The van der Waals surface area contributed by atoms with E-state index in [1.165, 1.54) is 0 Å². The quantitative estimate of drug-likeness (QED) is 0.414. The van der Waals surface area contributed by atoms with Crippen LogP contribution in [0.25, 0.3) is 10.8 Å². The molecule has 1 heterocycles. The van der Waals surface area contributed by atoms with Crippen molar-refractivity contribution in [3.8, 4) is 0 Å². The molecule has 4 aromatic rings. The van der Waals surface area contributed by atoms with Crippen molar-refractivity contribution in [2.45, 2.75) is 25.6 Å². The van der Waals surface area contributed by atoms with Gasteiger partial charge in [0.1, 0.15) is 6.04 Å². The zero-order valence-electron chi connectivity index (χ0n) is 18.7. The number of Topliss-reactive ketones (excluding diaryl/α,β-unsaturated/α-hetero) is 1. The standard InChI is InChI=1S/C29H26N2O2/c1-20-27(21(2)32)28(30-25-13-5-3-6-14-25)29(33,31(20)26-15-7-4-8-16-26)24-18-17-22-11-9-10-12-23(22)19-24/h3-19,28,30,33H,1-2H3. The Balaban J connectivity index is 1.75. The van der Waals surface area contributed by atoms with Crippen LogP contribution in [0.15, 0.2) is 114 Å². The molecule has 5 rings (SSSR count). The zero-order valence-corrected chi connectivity index (χ0v) is 18.7. The van der Waals surface area contributed by atoms with Gasteiger partial charge in [-0.25, -0.2) is 0 Å². The molecule has 4 heteroatoms. The highest BCUT2D eigenvalue weighted by atomic mass is 16.3. The summed E-state index contributed by atoms with van der Waals surface area (Å²) in [5, 5.41) is 18.2. The highest BCUT2D eigenvalue weighted by Crippen LogP contribution is 2.47. The van der Waals surface area contributed by atoms with Gasteiger partial charge in [0.25, 0.3) is 0 Å². The maximum absolute atomic E-state index is 12.9. The summed E-state index contributed by atoms with van der Waals surface area (Å²) in [5.41, 5.74) is 2.15. The molecule has 2 atom stereocenters. The monoisotopic (exact) mass is 434 g/mol. The maximum Gasteiger partial charge on any atom is 0.193 e. The Morgan fingerprint density at radius 1 is 0.848 bits per heavy atom. The van der Waals surface area contributed by atoms with E-state index in [1.54, 1.807) is 6.92 Å². The molecule has 0 saturated carbocycles. The number of nitrogens with one attached hydrogen (secondary N) is 1. The molecule has 0 aromatic heterocycles. The lowest BCUT2D eigenvalue weighted by Crippen LogP contribution is -2.52. The van der Waals surface area contributed by atoms with Crippen LogP contribution in [-0.2, 0) is 10.5 Å². The smallest absolute Gasteiger partial charge is 0.193 e. The van der Waals surface area contributed by atoms with Gasteiger partial charge in [0.05, 0.1) is 0 Å². The van der Waals surface area contributed by atoms with E-state index in [1.807, 2.05) is 109 Å². The van der Waals surface area contributed by atoms with Crippen LogP contribution in [-0.4, -0.2) is 16.9 Å². The summed E-state index contributed by atoms with van der Waals surface area (Å²) in [4.78, 5) is 14.8. The van der Waals surface area contributed by atoms with Crippen molar-refractivity contribution in [3.63, 3.8) is 0 Å². The van der Waals surface area contributed by atoms with Gasteiger partial charge < -0.3 is 15.3 Å². The summed E-state index contributed by atoms with van der Waals surface area (Å²) in [5.74, 6) is -0.0708. The first-order valence-corrected chi connectivity index (χ1v) is 11.1. The molecule has 1 aliphatic rings. The lowest BCUT2D eigenvalue weighted by molar-refractivity contribution is -0.114. The van der Waals surface area contributed by atoms with Gasteiger partial charge in [-0.1, -0.05) is 72.8 Å². The Morgan fingerprint density at radius 2 is 1.45 bits per heavy atom. The van der Waals surface area contributed by atoms with Crippen LogP contribution < -0.4 is 10.2 Å². The number of para-hydroxylation sites is 2. The average molecular weight is 435 g/mol. The van der Waals surface area contributed by atoms with Gasteiger partial charge in [-0.2, -0.15) is 0 Å². The summed E-state index contributed by atoms with van der Waals surface area (Å²) in [6, 6.07) is 32.8. The van der Waals surface area contributed by atoms with Gasteiger partial charge in [0.2, 0.25) is 0 Å². The van der Waals surface area contributed by atoms with Crippen LogP contribution in [0.3, 0.4) is 0 Å². The molecule has 2 N–H and O–H groups in total. The Hall–Kier alpha value is -3.89. The number of allylic oxidation sites excluding steroid dienone is 1. The van der Waals surface area contributed by atoms with Gasteiger partial charge in [-0.3, -0.25) is 4.79 Å². The zero-order chi connectivity index (χ0) is 23.0. The number of ketones is 1. The Kier molecular flexibility index (Phi) is 5.23. The number of carbonyl (C=O) groups excluding carboxylic acids is 1. The van der Waals surface area contributed by atoms with Crippen molar-refractivity contribution in [2.24, 2.45) is 0 Å². The van der Waals surface area contributed by atoms with Crippen LogP contribution in [0.2, 0.25) is 0 Å². The van der Waals surface area contributed by atoms with E-state index in [0.717, 1.165) is 27.8 Å². The van der Waals surface area contributed by atoms with Gasteiger partial charge in [0, 0.05) is 28.2 Å². The van der Waals surface area contributed by atoms with Crippen molar-refractivity contribution in [2.75, 3.05) is 10.2 Å². The topological polar surface area (TPSA) is 52.6 Å². The number of hydrogen-bond donors (Lipinski definition) is 2. The Morgan fingerprint density at radius 3 is 2.12 bits per heavy atom. The first kappa shape index (κ1) is 21.0. The number of carbonyl (C=O) groups is 1. The van der Waals surface area contributed by atoms with E-state index < -0.39 is 11.8 Å². The molecule has 0 amide bonds. The van der Waals surface area contributed by atoms with Crippen LogP contribution in [0, 0.1) is 0 Å². The molecule has 0 bridgehead atoms. The first-order valence-electron chi connectivity index (χ1n) is 11.1. The molecule has 33 heavy (non-hydrogen) atoms. The van der Waals surface area contributed by atoms with E-state index in [-0.39, 0.29) is 5.78 Å². The van der Waals surface area contributed by atoms with E-state index in [4.69, 9.17) is 0 Å². The summed E-state index contributed by atoms with van der Waals surface area (Å²) in [7, 11) is 0. The largest absolute Gasteiger partial charge is 0.373 e. The van der Waals surface area contributed by atoms with Gasteiger partial charge in [0.15, 0.2) is 11.5 Å². The highest BCUT2D eigenvalue weighted by molar-refractivity contribution is 5.99. The van der Waals surface area contributed by atoms with Crippen molar-refractivity contribution in [1.29, 1.82) is 0 Å². The summed E-state index contributed by atoms with van der Waals surface area (Å²) in [6.45, 7) is 3.47. The molecule has 2 unspecified atom stereocenters. The minimum absolute atomic E-state index is 0.0708.